The van der Waals surface area contributed by atoms with Crippen molar-refractivity contribution in [2.45, 2.75) is 0 Å². The zero-order valence-electron chi connectivity index (χ0n) is 44.3. The summed E-state index contributed by atoms with van der Waals surface area (Å²) < 4.78 is 77.5. The second-order valence-electron chi connectivity index (χ2n) is 17.5. The van der Waals surface area contributed by atoms with E-state index in [-0.39, 0.29) is 13.2 Å². The van der Waals surface area contributed by atoms with Gasteiger partial charge in [0.1, 0.15) is 0 Å². The number of ether oxygens (including phenoxy) is 14. The SMILES string of the molecule is OCCOCCOCCOCCOCCOCCOCCOCCN1CCN(c2c3ccccc3c(N3CCN(CCOCCOCCOCCOCCOCCOCCOCCO)CC3)c3ccccc23)CC1. The van der Waals surface area contributed by atoms with Crippen molar-refractivity contribution in [3.05, 3.63) is 48.5 Å². The lowest BCUT2D eigenvalue weighted by molar-refractivity contribution is -0.0219. The first-order chi connectivity index (χ1) is 36.8. The van der Waals surface area contributed by atoms with Crippen molar-refractivity contribution in [1.82, 2.24) is 9.80 Å². The summed E-state index contributed by atoms with van der Waals surface area (Å²) in [6, 6.07) is 18.0. The van der Waals surface area contributed by atoms with E-state index in [9.17, 15) is 0 Å². The Morgan fingerprint density at radius 3 is 0.649 bits per heavy atom. The quantitative estimate of drug-likeness (QED) is 0.0621. The Morgan fingerprint density at radius 2 is 0.446 bits per heavy atom. The number of piperazine rings is 2. The number of aliphatic hydroxyl groups is 2. The largest absolute Gasteiger partial charge is 0.394 e. The van der Waals surface area contributed by atoms with Gasteiger partial charge in [-0.05, 0) is 0 Å². The number of fused-ring (bicyclic) bond motifs is 2. The molecule has 0 radical (unpaired) electrons. The van der Waals surface area contributed by atoms with E-state index in [2.05, 4.69) is 68.1 Å². The predicted octanol–water partition coefficient (Wildman–Crippen LogP) is 2.45. The summed E-state index contributed by atoms with van der Waals surface area (Å²) in [5.74, 6) is 0. The molecule has 2 fully saturated rings. The van der Waals surface area contributed by atoms with Gasteiger partial charge in [-0.25, -0.2) is 0 Å². The van der Waals surface area contributed by atoms with Crippen LogP contribution < -0.4 is 9.80 Å². The number of rotatable bonds is 48. The average Bonchev–Trinajstić information content (AvgIpc) is 3.43. The van der Waals surface area contributed by atoms with Gasteiger partial charge >= 0.3 is 0 Å². The molecule has 422 valence electrons. The second kappa shape index (κ2) is 42.1. The lowest BCUT2D eigenvalue weighted by Gasteiger charge is -2.39. The lowest BCUT2D eigenvalue weighted by atomic mass is 9.96. The number of benzene rings is 3. The molecule has 3 aromatic carbocycles. The smallest absolute Gasteiger partial charge is 0.0701 e. The van der Waals surface area contributed by atoms with Gasteiger partial charge < -0.3 is 86.3 Å². The average molecular weight is 1050 g/mol. The van der Waals surface area contributed by atoms with Crippen molar-refractivity contribution in [3.8, 4) is 0 Å². The van der Waals surface area contributed by atoms with Crippen molar-refractivity contribution >= 4 is 32.9 Å². The Morgan fingerprint density at radius 1 is 0.257 bits per heavy atom. The molecule has 0 amide bonds. The van der Waals surface area contributed by atoms with Gasteiger partial charge in [-0.2, -0.15) is 0 Å². The number of anilines is 2. The standard InChI is InChI=1S/C54H90N4O16/c59-19-23-63-27-31-67-35-39-71-43-47-73-45-41-69-37-33-65-29-25-61-21-17-55-9-13-57(14-10-55)53-49-5-1-2-6-50(49)54(52-8-4-3-7-51(52)53)58-15-11-56(12-16-58)18-22-62-26-30-66-34-38-70-42-46-74-48-44-72-40-36-68-32-28-64-24-20-60/h1-8,59-60H,9-48H2. The summed E-state index contributed by atoms with van der Waals surface area (Å²) in [7, 11) is 0. The highest BCUT2D eigenvalue weighted by Gasteiger charge is 2.26. The Hall–Kier alpha value is -2.94. The molecule has 2 N–H and O–H groups in total. The first kappa shape index (κ1) is 61.9. The zero-order valence-corrected chi connectivity index (χ0v) is 44.3. The van der Waals surface area contributed by atoms with Crippen molar-refractivity contribution in [2.24, 2.45) is 0 Å². The maximum absolute atomic E-state index is 8.66. The molecular formula is C54H90N4O16. The molecule has 2 saturated heterocycles. The van der Waals surface area contributed by atoms with E-state index in [4.69, 9.17) is 76.5 Å². The van der Waals surface area contributed by atoms with Crippen LogP contribution in [0.1, 0.15) is 0 Å². The van der Waals surface area contributed by atoms with Crippen LogP contribution in [-0.2, 0) is 66.3 Å². The van der Waals surface area contributed by atoms with Crippen LogP contribution in [0.4, 0.5) is 11.4 Å². The first-order valence-corrected chi connectivity index (χ1v) is 27.0. The summed E-state index contributed by atoms with van der Waals surface area (Å²) in [6.45, 7) is 24.0. The molecule has 0 aliphatic carbocycles. The van der Waals surface area contributed by atoms with Crippen LogP contribution >= 0.6 is 0 Å². The Labute approximate surface area is 440 Å². The fraction of sp³-hybridized carbons (Fsp3) is 0.741. The van der Waals surface area contributed by atoms with E-state index in [0.29, 0.717) is 185 Å². The van der Waals surface area contributed by atoms with Gasteiger partial charge in [-0.15, -0.1) is 0 Å². The van der Waals surface area contributed by atoms with E-state index in [1.54, 1.807) is 0 Å². The number of hydrogen-bond acceptors (Lipinski definition) is 20. The zero-order chi connectivity index (χ0) is 51.6. The van der Waals surface area contributed by atoms with Gasteiger partial charge in [0.2, 0.25) is 0 Å². The van der Waals surface area contributed by atoms with Crippen LogP contribution in [-0.4, -0.2) is 284 Å². The van der Waals surface area contributed by atoms with Crippen LogP contribution in [0.2, 0.25) is 0 Å². The van der Waals surface area contributed by atoms with Crippen LogP contribution in [0.25, 0.3) is 21.5 Å². The summed E-state index contributed by atoms with van der Waals surface area (Å²) in [5.41, 5.74) is 2.69. The van der Waals surface area contributed by atoms with Crippen molar-refractivity contribution in [1.29, 1.82) is 0 Å². The Bertz CT molecular complexity index is 1610. The second-order valence-corrected chi connectivity index (χ2v) is 17.5. The van der Waals surface area contributed by atoms with Gasteiger partial charge in [0.15, 0.2) is 0 Å². The third-order valence-electron chi connectivity index (χ3n) is 12.3. The third-order valence-corrected chi connectivity index (χ3v) is 12.3. The summed E-state index contributed by atoms with van der Waals surface area (Å²) in [4.78, 5) is 10.2. The van der Waals surface area contributed by atoms with Crippen LogP contribution in [0.5, 0.6) is 0 Å². The fourth-order valence-corrected chi connectivity index (χ4v) is 8.51. The highest BCUT2D eigenvalue weighted by atomic mass is 16.6. The molecule has 20 nitrogen and oxygen atoms in total. The molecular weight excluding hydrogens is 961 g/mol. The van der Waals surface area contributed by atoms with Gasteiger partial charge in [0.05, 0.1) is 210 Å². The minimum Gasteiger partial charge on any atom is -0.394 e. The van der Waals surface area contributed by atoms with Crippen LogP contribution in [0.15, 0.2) is 48.5 Å². The van der Waals surface area contributed by atoms with Gasteiger partial charge in [-0.3, -0.25) is 9.80 Å². The minimum atomic E-state index is 0.0233. The molecule has 0 unspecified atom stereocenters. The van der Waals surface area contributed by atoms with E-state index in [1.807, 2.05) is 0 Å². The summed E-state index contributed by atoms with van der Waals surface area (Å²) >= 11 is 0. The first-order valence-electron chi connectivity index (χ1n) is 27.0. The topological polar surface area (TPSA) is 183 Å². The van der Waals surface area contributed by atoms with Crippen LogP contribution in [0, 0.1) is 0 Å². The number of aliphatic hydroxyl groups excluding tert-OH is 2. The predicted molar refractivity (Wildman–Crippen MR) is 284 cm³/mol. The molecule has 0 atom stereocenters. The molecule has 5 rings (SSSR count). The van der Waals surface area contributed by atoms with E-state index >= 15 is 0 Å². The highest BCUT2D eigenvalue weighted by Crippen LogP contribution is 2.43. The monoisotopic (exact) mass is 1050 g/mol. The summed E-state index contributed by atoms with van der Waals surface area (Å²) in [6.07, 6.45) is 0. The third kappa shape index (κ3) is 25.9. The molecule has 74 heavy (non-hydrogen) atoms. The molecule has 0 spiro atoms. The van der Waals surface area contributed by atoms with Crippen molar-refractivity contribution in [2.75, 3.05) is 273 Å². The fourth-order valence-electron chi connectivity index (χ4n) is 8.51. The minimum absolute atomic E-state index is 0.0233. The maximum atomic E-state index is 8.66. The molecule has 0 bridgehead atoms. The normalized spacial score (nSPS) is 14.9. The van der Waals surface area contributed by atoms with Crippen LogP contribution in [0.3, 0.4) is 0 Å². The maximum Gasteiger partial charge on any atom is 0.0701 e. The lowest BCUT2D eigenvalue weighted by Crippen LogP contribution is -2.48. The van der Waals surface area contributed by atoms with Gasteiger partial charge in [0, 0.05) is 87.0 Å². The highest BCUT2D eigenvalue weighted by molar-refractivity contribution is 6.20. The molecule has 20 heteroatoms. The number of hydrogen-bond donors (Lipinski definition) is 2. The van der Waals surface area contributed by atoms with E-state index in [1.165, 1.54) is 32.9 Å². The van der Waals surface area contributed by atoms with E-state index < -0.39 is 0 Å². The Kier molecular flexibility index (Phi) is 35.2. The van der Waals surface area contributed by atoms with Crippen molar-refractivity contribution < 1.29 is 76.5 Å². The molecule has 0 aromatic heterocycles. The molecule has 0 saturated carbocycles. The Balaban J connectivity index is 0.863. The molecule has 2 aliphatic heterocycles. The van der Waals surface area contributed by atoms with Gasteiger partial charge in [-0.1, -0.05) is 48.5 Å². The molecule has 3 aromatic rings. The van der Waals surface area contributed by atoms with Crippen molar-refractivity contribution in [3.63, 3.8) is 0 Å². The molecule has 2 heterocycles. The molecule has 2 aliphatic rings. The van der Waals surface area contributed by atoms with E-state index in [0.717, 1.165) is 65.4 Å². The summed E-state index contributed by atoms with van der Waals surface area (Å²) in [5, 5.41) is 22.6. The number of nitrogens with zero attached hydrogens (tertiary/aromatic N) is 4. The van der Waals surface area contributed by atoms with Gasteiger partial charge in [0.25, 0.3) is 0 Å².